The van der Waals surface area contributed by atoms with E-state index in [4.69, 9.17) is 9.47 Å². The Morgan fingerprint density at radius 2 is 2.06 bits per heavy atom. The summed E-state index contributed by atoms with van der Waals surface area (Å²) in [5, 5.41) is 3.35. The number of nitrogens with one attached hydrogen (secondary N) is 1. The topological polar surface area (TPSA) is 43.4 Å². The summed E-state index contributed by atoms with van der Waals surface area (Å²) in [5.74, 6) is 1.61. The number of aromatic nitrogens is 1. The molecule has 4 heteroatoms. The second kappa shape index (κ2) is 4.96. The first-order chi connectivity index (χ1) is 8.92. The van der Waals surface area contributed by atoms with Crippen molar-refractivity contribution in [1.82, 2.24) is 4.98 Å². The van der Waals surface area contributed by atoms with Gasteiger partial charge in [0.1, 0.15) is 0 Å². The zero-order valence-electron chi connectivity index (χ0n) is 9.93. The van der Waals surface area contributed by atoms with E-state index in [0.29, 0.717) is 6.79 Å². The zero-order valence-corrected chi connectivity index (χ0v) is 9.93. The molecule has 1 aliphatic heterocycles. The van der Waals surface area contributed by atoms with Crippen LogP contribution < -0.4 is 14.8 Å². The maximum absolute atomic E-state index is 5.33. The van der Waals surface area contributed by atoms with Crippen LogP contribution in [0.15, 0.2) is 42.6 Å². The monoisotopic (exact) mass is 242 g/mol. The number of ether oxygens (including phenoxy) is 2. The molecular formula is C14H14N2O2. The van der Waals surface area contributed by atoms with E-state index in [9.17, 15) is 0 Å². The highest BCUT2D eigenvalue weighted by Crippen LogP contribution is 2.34. The van der Waals surface area contributed by atoms with Crippen molar-refractivity contribution in [2.24, 2.45) is 0 Å². The molecule has 0 bridgehead atoms. The van der Waals surface area contributed by atoms with Crippen LogP contribution in [-0.2, 0) is 6.42 Å². The minimum absolute atomic E-state index is 0.312. The van der Waals surface area contributed by atoms with Crippen molar-refractivity contribution in [2.75, 3.05) is 18.7 Å². The second-order valence-electron chi connectivity index (χ2n) is 4.07. The largest absolute Gasteiger partial charge is 0.454 e. The highest BCUT2D eigenvalue weighted by Gasteiger charge is 2.12. The Labute approximate surface area is 106 Å². The van der Waals surface area contributed by atoms with Gasteiger partial charge in [-0.15, -0.1) is 0 Å². The third-order valence-corrected chi connectivity index (χ3v) is 2.81. The van der Waals surface area contributed by atoms with E-state index in [2.05, 4.69) is 10.3 Å². The molecule has 0 unspecified atom stereocenters. The fraction of sp³-hybridized carbons (Fsp3) is 0.214. The average molecular weight is 242 g/mol. The molecule has 2 heterocycles. The van der Waals surface area contributed by atoms with Crippen molar-refractivity contribution in [3.8, 4) is 11.5 Å². The number of fused-ring (bicyclic) bond motifs is 1. The average Bonchev–Trinajstić information content (AvgIpc) is 2.87. The number of benzene rings is 1. The zero-order chi connectivity index (χ0) is 12.2. The van der Waals surface area contributed by atoms with Crippen molar-refractivity contribution < 1.29 is 9.47 Å². The second-order valence-corrected chi connectivity index (χ2v) is 4.07. The van der Waals surface area contributed by atoms with Crippen LogP contribution in [-0.4, -0.2) is 18.3 Å². The Balaban J connectivity index is 1.57. The molecule has 0 aliphatic carbocycles. The fourth-order valence-electron chi connectivity index (χ4n) is 1.89. The molecule has 1 aromatic carbocycles. The Kier molecular flexibility index (Phi) is 3.00. The number of hydrogen-bond donors (Lipinski definition) is 1. The molecular weight excluding hydrogens is 228 g/mol. The van der Waals surface area contributed by atoms with Crippen molar-refractivity contribution >= 4 is 5.69 Å². The third kappa shape index (κ3) is 2.37. The number of nitrogens with zero attached hydrogens (tertiary/aromatic N) is 1. The van der Waals surface area contributed by atoms with Gasteiger partial charge in [0.05, 0.1) is 0 Å². The van der Waals surface area contributed by atoms with E-state index in [1.807, 2.05) is 42.6 Å². The van der Waals surface area contributed by atoms with Crippen molar-refractivity contribution in [3.63, 3.8) is 0 Å². The lowest BCUT2D eigenvalue weighted by Crippen LogP contribution is -2.05. The molecule has 18 heavy (non-hydrogen) atoms. The molecule has 3 rings (SSSR count). The van der Waals surface area contributed by atoms with Crippen molar-refractivity contribution in [3.05, 3.63) is 48.3 Å². The number of pyridine rings is 1. The summed E-state index contributed by atoms with van der Waals surface area (Å²) in [7, 11) is 0. The lowest BCUT2D eigenvalue weighted by atomic mass is 10.2. The highest BCUT2D eigenvalue weighted by atomic mass is 16.7. The van der Waals surface area contributed by atoms with Crippen LogP contribution in [0, 0.1) is 0 Å². The van der Waals surface area contributed by atoms with E-state index in [1.54, 1.807) is 0 Å². The molecule has 0 saturated heterocycles. The summed E-state index contributed by atoms with van der Waals surface area (Å²) in [6.07, 6.45) is 2.71. The maximum Gasteiger partial charge on any atom is 0.231 e. The number of rotatable bonds is 4. The number of hydrogen-bond acceptors (Lipinski definition) is 4. The van der Waals surface area contributed by atoms with Gasteiger partial charge >= 0.3 is 0 Å². The van der Waals surface area contributed by atoms with Crippen LogP contribution in [0.5, 0.6) is 11.5 Å². The van der Waals surface area contributed by atoms with Crippen LogP contribution in [0.1, 0.15) is 5.69 Å². The molecule has 2 aromatic rings. The van der Waals surface area contributed by atoms with Crippen LogP contribution in [0.2, 0.25) is 0 Å². The molecule has 0 amide bonds. The summed E-state index contributed by atoms with van der Waals surface area (Å²) >= 11 is 0. The predicted octanol–water partition coefficient (Wildman–Crippen LogP) is 2.46. The van der Waals surface area contributed by atoms with E-state index in [-0.39, 0.29) is 0 Å². The minimum Gasteiger partial charge on any atom is -0.454 e. The van der Waals surface area contributed by atoms with E-state index in [1.165, 1.54) is 0 Å². The van der Waals surface area contributed by atoms with E-state index < -0.39 is 0 Å². The molecule has 1 N–H and O–H groups in total. The van der Waals surface area contributed by atoms with Gasteiger partial charge in [0, 0.05) is 36.6 Å². The van der Waals surface area contributed by atoms with Crippen LogP contribution in [0.25, 0.3) is 0 Å². The summed E-state index contributed by atoms with van der Waals surface area (Å²) < 4.78 is 10.6. The van der Waals surface area contributed by atoms with Gasteiger partial charge in [-0.05, 0) is 24.3 Å². The molecule has 1 aromatic heterocycles. The van der Waals surface area contributed by atoms with Gasteiger partial charge < -0.3 is 14.8 Å². The highest BCUT2D eigenvalue weighted by molar-refractivity contribution is 5.55. The first-order valence-corrected chi connectivity index (χ1v) is 5.95. The third-order valence-electron chi connectivity index (χ3n) is 2.81. The molecule has 4 nitrogen and oxygen atoms in total. The van der Waals surface area contributed by atoms with Gasteiger partial charge in [-0.3, -0.25) is 4.98 Å². The van der Waals surface area contributed by atoms with Gasteiger partial charge in [-0.2, -0.15) is 0 Å². The van der Waals surface area contributed by atoms with Crippen LogP contribution in [0.4, 0.5) is 5.69 Å². The van der Waals surface area contributed by atoms with Crippen molar-refractivity contribution in [1.29, 1.82) is 0 Å². The van der Waals surface area contributed by atoms with Gasteiger partial charge in [0.25, 0.3) is 0 Å². The normalized spacial score (nSPS) is 12.4. The molecule has 0 spiro atoms. The lowest BCUT2D eigenvalue weighted by molar-refractivity contribution is 0.174. The molecule has 0 saturated carbocycles. The van der Waals surface area contributed by atoms with Crippen LogP contribution >= 0.6 is 0 Å². The minimum atomic E-state index is 0.312. The first-order valence-electron chi connectivity index (χ1n) is 5.95. The van der Waals surface area contributed by atoms with Gasteiger partial charge in [0.2, 0.25) is 6.79 Å². The summed E-state index contributed by atoms with van der Waals surface area (Å²) in [6.45, 7) is 1.16. The molecule has 0 radical (unpaired) electrons. The lowest BCUT2D eigenvalue weighted by Gasteiger charge is -2.06. The van der Waals surface area contributed by atoms with E-state index >= 15 is 0 Å². The van der Waals surface area contributed by atoms with Gasteiger partial charge in [-0.25, -0.2) is 0 Å². The van der Waals surface area contributed by atoms with E-state index in [0.717, 1.165) is 35.8 Å². The number of anilines is 1. The Morgan fingerprint density at radius 3 is 2.94 bits per heavy atom. The van der Waals surface area contributed by atoms with Gasteiger partial charge in [0.15, 0.2) is 11.5 Å². The molecule has 1 aliphatic rings. The molecule has 0 fully saturated rings. The quantitative estimate of drug-likeness (QED) is 0.894. The maximum atomic E-state index is 5.33. The fourth-order valence-corrected chi connectivity index (χ4v) is 1.89. The molecule has 92 valence electrons. The Morgan fingerprint density at radius 1 is 1.11 bits per heavy atom. The summed E-state index contributed by atoms with van der Waals surface area (Å²) in [5.41, 5.74) is 2.13. The summed E-state index contributed by atoms with van der Waals surface area (Å²) in [4.78, 5) is 4.28. The van der Waals surface area contributed by atoms with Crippen molar-refractivity contribution in [2.45, 2.75) is 6.42 Å². The standard InChI is InChI=1S/C14H14N2O2/c1-2-7-15-11(3-1)6-8-16-12-4-5-13-14(9-12)18-10-17-13/h1-5,7,9,16H,6,8,10H2. The predicted molar refractivity (Wildman–Crippen MR) is 69.0 cm³/mol. The van der Waals surface area contributed by atoms with Crippen LogP contribution in [0.3, 0.4) is 0 Å². The Hall–Kier alpha value is -2.23. The van der Waals surface area contributed by atoms with Gasteiger partial charge in [-0.1, -0.05) is 6.07 Å². The SMILES string of the molecule is c1ccc(CCNc2ccc3c(c2)OCO3)nc1. The Bertz CT molecular complexity index is 529. The smallest absolute Gasteiger partial charge is 0.231 e. The first kappa shape index (κ1) is 10.9. The summed E-state index contributed by atoms with van der Waals surface area (Å²) in [6, 6.07) is 11.8. The molecule has 0 atom stereocenters.